The van der Waals surface area contributed by atoms with Crippen LogP contribution in [0.25, 0.3) is 4.96 Å². The van der Waals surface area contributed by atoms with Crippen LogP contribution in [-0.2, 0) is 6.54 Å². The molecule has 1 N–H and O–H groups in total. The van der Waals surface area contributed by atoms with E-state index in [-0.39, 0.29) is 0 Å². The largest absolute Gasteiger partial charge is 0.379 e. The van der Waals surface area contributed by atoms with Gasteiger partial charge in [-0.15, -0.1) is 17.8 Å². The normalized spacial score (nSPS) is 10.7. The van der Waals surface area contributed by atoms with Gasteiger partial charge >= 0.3 is 0 Å². The predicted octanol–water partition coefficient (Wildman–Crippen LogP) is 3.61. The molecular formula is C16H15N3S. The lowest BCUT2D eigenvalue weighted by molar-refractivity contribution is 0.991. The van der Waals surface area contributed by atoms with E-state index in [4.69, 9.17) is 6.42 Å². The van der Waals surface area contributed by atoms with Crippen molar-refractivity contribution in [2.75, 3.05) is 5.32 Å². The fourth-order valence-corrected chi connectivity index (χ4v) is 3.12. The summed E-state index contributed by atoms with van der Waals surface area (Å²) in [5.41, 5.74) is 4.17. The minimum atomic E-state index is 0.733. The first-order valence-electron chi connectivity index (χ1n) is 6.42. The van der Waals surface area contributed by atoms with Gasteiger partial charge in [-0.1, -0.05) is 12.0 Å². The van der Waals surface area contributed by atoms with E-state index in [1.807, 2.05) is 31.2 Å². The highest BCUT2D eigenvalue weighted by molar-refractivity contribution is 7.17. The van der Waals surface area contributed by atoms with Gasteiger partial charge < -0.3 is 5.32 Å². The number of anilines is 1. The maximum absolute atomic E-state index is 5.42. The predicted molar refractivity (Wildman–Crippen MR) is 84.2 cm³/mol. The first kappa shape index (κ1) is 12.8. The highest BCUT2D eigenvalue weighted by atomic mass is 32.1. The molecule has 0 aliphatic rings. The Labute approximate surface area is 122 Å². The van der Waals surface area contributed by atoms with Crippen molar-refractivity contribution in [3.63, 3.8) is 0 Å². The van der Waals surface area contributed by atoms with Crippen LogP contribution < -0.4 is 5.32 Å². The summed E-state index contributed by atoms with van der Waals surface area (Å²) in [6, 6.07) is 7.89. The van der Waals surface area contributed by atoms with Crippen LogP contribution >= 0.6 is 11.3 Å². The molecule has 2 aromatic heterocycles. The number of fused-ring (bicyclic) bond motifs is 1. The number of hydrogen-bond acceptors (Lipinski definition) is 3. The summed E-state index contributed by atoms with van der Waals surface area (Å²) < 4.78 is 2.16. The highest BCUT2D eigenvalue weighted by Gasteiger charge is 2.10. The summed E-state index contributed by atoms with van der Waals surface area (Å²) in [6.07, 6.45) is 7.55. The first-order chi connectivity index (χ1) is 9.67. The maximum Gasteiger partial charge on any atom is 0.194 e. The fraction of sp³-hybridized carbons (Fsp3) is 0.188. The highest BCUT2D eigenvalue weighted by Crippen LogP contribution is 2.21. The van der Waals surface area contributed by atoms with E-state index in [1.54, 1.807) is 11.3 Å². The Kier molecular flexibility index (Phi) is 3.21. The molecule has 2 heterocycles. The lowest BCUT2D eigenvalue weighted by atomic mass is 10.2. The van der Waals surface area contributed by atoms with E-state index in [0.717, 1.165) is 28.5 Å². The summed E-state index contributed by atoms with van der Waals surface area (Å²) in [6.45, 7) is 4.88. The summed E-state index contributed by atoms with van der Waals surface area (Å²) in [4.78, 5) is 6.91. The standard InChI is InChI=1S/C16H15N3S/c1-4-13-6-5-7-14(8-13)17-9-15-12(3)18-16-19(15)10-11(2)20-16/h1,5-8,10,17H,9H2,2-3H3. The minimum absolute atomic E-state index is 0.733. The number of terminal acetylenes is 1. The SMILES string of the molecule is C#Cc1cccc(NCc2c(C)nc3sc(C)cn23)c1. The van der Waals surface area contributed by atoms with Crippen LogP contribution in [0.2, 0.25) is 0 Å². The monoisotopic (exact) mass is 281 g/mol. The molecule has 100 valence electrons. The maximum atomic E-state index is 5.42. The molecule has 20 heavy (non-hydrogen) atoms. The molecule has 0 amide bonds. The van der Waals surface area contributed by atoms with Crippen LogP contribution in [0.4, 0.5) is 5.69 Å². The Morgan fingerprint density at radius 1 is 1.40 bits per heavy atom. The molecule has 0 atom stereocenters. The van der Waals surface area contributed by atoms with Gasteiger partial charge in [-0.25, -0.2) is 4.98 Å². The molecule has 0 unspecified atom stereocenters. The molecule has 1 aromatic carbocycles. The molecule has 3 nitrogen and oxygen atoms in total. The summed E-state index contributed by atoms with van der Waals surface area (Å²) in [5, 5.41) is 3.41. The zero-order valence-corrected chi connectivity index (χ0v) is 12.3. The third-order valence-electron chi connectivity index (χ3n) is 3.23. The number of nitrogens with zero attached hydrogens (tertiary/aromatic N) is 2. The lowest BCUT2D eigenvalue weighted by Gasteiger charge is -2.07. The molecule has 4 heteroatoms. The van der Waals surface area contributed by atoms with Crippen LogP contribution in [0, 0.1) is 26.2 Å². The number of aryl methyl sites for hydroxylation is 2. The molecule has 0 saturated heterocycles. The molecular weight excluding hydrogens is 266 g/mol. The number of thiazole rings is 1. The fourth-order valence-electron chi connectivity index (χ4n) is 2.23. The van der Waals surface area contributed by atoms with Gasteiger partial charge in [0.2, 0.25) is 0 Å². The van der Waals surface area contributed by atoms with Crippen molar-refractivity contribution in [3.8, 4) is 12.3 Å². The van der Waals surface area contributed by atoms with Gasteiger partial charge in [0.15, 0.2) is 4.96 Å². The Hall–Kier alpha value is -2.25. The van der Waals surface area contributed by atoms with Crippen LogP contribution in [0.15, 0.2) is 30.5 Å². The molecule has 0 aliphatic heterocycles. The van der Waals surface area contributed by atoms with Crippen molar-refractivity contribution in [2.24, 2.45) is 0 Å². The Morgan fingerprint density at radius 2 is 2.25 bits per heavy atom. The average Bonchev–Trinajstić information content (AvgIpc) is 2.92. The Balaban J connectivity index is 1.86. The second-order valence-electron chi connectivity index (χ2n) is 4.72. The van der Waals surface area contributed by atoms with E-state index in [1.165, 1.54) is 10.6 Å². The van der Waals surface area contributed by atoms with Gasteiger partial charge in [0.1, 0.15) is 0 Å². The van der Waals surface area contributed by atoms with E-state index in [0.29, 0.717) is 0 Å². The van der Waals surface area contributed by atoms with E-state index in [2.05, 4.69) is 33.7 Å². The number of benzene rings is 1. The van der Waals surface area contributed by atoms with Crippen LogP contribution in [0.1, 0.15) is 21.8 Å². The zero-order valence-electron chi connectivity index (χ0n) is 11.5. The molecule has 0 aliphatic carbocycles. The number of hydrogen-bond donors (Lipinski definition) is 1. The zero-order chi connectivity index (χ0) is 14.1. The van der Waals surface area contributed by atoms with Crippen molar-refractivity contribution < 1.29 is 0 Å². The van der Waals surface area contributed by atoms with Gasteiger partial charge in [-0.2, -0.15) is 0 Å². The number of aromatic nitrogens is 2. The van der Waals surface area contributed by atoms with Crippen LogP contribution in [0.5, 0.6) is 0 Å². The van der Waals surface area contributed by atoms with Gasteiger partial charge in [0.05, 0.1) is 17.9 Å². The molecule has 0 radical (unpaired) electrons. The van der Waals surface area contributed by atoms with Gasteiger partial charge in [0.25, 0.3) is 0 Å². The third-order valence-corrected chi connectivity index (χ3v) is 4.13. The topological polar surface area (TPSA) is 29.3 Å². The smallest absolute Gasteiger partial charge is 0.194 e. The van der Waals surface area contributed by atoms with Gasteiger partial charge in [-0.3, -0.25) is 4.40 Å². The molecule has 0 bridgehead atoms. The molecule has 0 spiro atoms. The summed E-state index contributed by atoms with van der Waals surface area (Å²) in [7, 11) is 0. The van der Waals surface area contributed by atoms with E-state index < -0.39 is 0 Å². The Morgan fingerprint density at radius 3 is 3.05 bits per heavy atom. The van der Waals surface area contributed by atoms with Crippen molar-refractivity contribution in [1.82, 2.24) is 9.38 Å². The molecule has 0 fully saturated rings. The number of nitrogens with one attached hydrogen (secondary N) is 1. The van der Waals surface area contributed by atoms with Gasteiger partial charge in [0, 0.05) is 22.3 Å². The third kappa shape index (κ3) is 2.28. The molecule has 0 saturated carbocycles. The summed E-state index contributed by atoms with van der Waals surface area (Å²) >= 11 is 1.71. The van der Waals surface area contributed by atoms with Crippen molar-refractivity contribution in [1.29, 1.82) is 0 Å². The van der Waals surface area contributed by atoms with Crippen LogP contribution in [0.3, 0.4) is 0 Å². The van der Waals surface area contributed by atoms with E-state index >= 15 is 0 Å². The van der Waals surface area contributed by atoms with Crippen molar-refractivity contribution >= 4 is 22.0 Å². The second kappa shape index (κ2) is 5.03. The number of imidazole rings is 1. The van der Waals surface area contributed by atoms with Crippen LogP contribution in [-0.4, -0.2) is 9.38 Å². The van der Waals surface area contributed by atoms with Gasteiger partial charge in [-0.05, 0) is 32.0 Å². The number of rotatable bonds is 3. The first-order valence-corrected chi connectivity index (χ1v) is 7.23. The minimum Gasteiger partial charge on any atom is -0.379 e. The van der Waals surface area contributed by atoms with Crippen molar-refractivity contribution in [2.45, 2.75) is 20.4 Å². The van der Waals surface area contributed by atoms with Crippen molar-refractivity contribution in [3.05, 3.63) is 52.3 Å². The Bertz CT molecular complexity index is 805. The molecule has 3 aromatic rings. The van der Waals surface area contributed by atoms with E-state index in [9.17, 15) is 0 Å². The second-order valence-corrected chi connectivity index (χ2v) is 5.93. The lowest BCUT2D eigenvalue weighted by Crippen LogP contribution is -2.03. The quantitative estimate of drug-likeness (QED) is 0.743. The molecule has 3 rings (SSSR count). The average molecular weight is 281 g/mol. The summed E-state index contributed by atoms with van der Waals surface area (Å²) in [5.74, 6) is 2.65.